The molecule has 3 aromatic heterocycles. The Hall–Kier alpha value is -2.32. The highest BCUT2D eigenvalue weighted by Gasteiger charge is 2.13. The number of H-pyrrole nitrogens is 2. The first-order valence-electron chi connectivity index (χ1n) is 8.73. The van der Waals surface area contributed by atoms with Gasteiger partial charge < -0.3 is 15.6 Å². The van der Waals surface area contributed by atoms with E-state index in [4.69, 9.17) is 0 Å². The van der Waals surface area contributed by atoms with E-state index >= 15 is 0 Å². The minimum Gasteiger partial charge on any atom is -0.340 e. The number of aromatic nitrogens is 5. The van der Waals surface area contributed by atoms with Gasteiger partial charge in [0.2, 0.25) is 0 Å². The molecule has 29 heavy (non-hydrogen) atoms. The fourth-order valence-electron chi connectivity index (χ4n) is 3.44. The molecule has 4 aromatic rings. The first-order chi connectivity index (χ1) is 12.8. The summed E-state index contributed by atoms with van der Waals surface area (Å²) in [6, 6.07) is 8.27. The molecular weight excluding hydrogens is 433 g/mol. The summed E-state index contributed by atoms with van der Waals surface area (Å²) in [6.45, 7) is 3.91. The second-order valence-electron chi connectivity index (χ2n) is 6.55. The molecule has 10 heteroatoms. The first-order valence-corrected chi connectivity index (χ1v) is 8.73. The van der Waals surface area contributed by atoms with Crippen LogP contribution in [0.25, 0.3) is 27.5 Å². The van der Waals surface area contributed by atoms with E-state index < -0.39 is 0 Å². The van der Waals surface area contributed by atoms with E-state index in [2.05, 4.69) is 54.0 Å². The lowest BCUT2D eigenvalue weighted by atomic mass is 10.1. The van der Waals surface area contributed by atoms with Crippen molar-refractivity contribution in [1.82, 2.24) is 30.5 Å². The minimum absolute atomic E-state index is 0. The molecule has 0 aliphatic carbocycles. The number of rotatable bonds is 3. The molecule has 0 radical (unpaired) electrons. The SMILES string of the molecule is Cc1n[nH]c2ccc(Nc3ncnc4[nH]c(C5=CCNCC5)cc34)cc12.Cl.Cl.Cl. The maximum absolute atomic E-state index is 4.45. The standard InChI is InChI=1S/C19H19N7.3ClH/c1-11-14-8-13(2-3-16(14)26-25-11)23-18-15-9-17(12-4-6-20-7-5-12)24-19(15)22-10-21-18;;;/h2-4,8-10,20H,5-7H2,1H3,(H,25,26)(H2,21,22,23,24);3*1H. The van der Waals surface area contributed by atoms with E-state index in [-0.39, 0.29) is 37.2 Å². The molecule has 0 saturated carbocycles. The van der Waals surface area contributed by atoms with E-state index in [0.29, 0.717) is 0 Å². The third-order valence-electron chi connectivity index (χ3n) is 4.85. The molecule has 5 rings (SSSR count). The third kappa shape index (κ3) is 4.33. The van der Waals surface area contributed by atoms with Crippen LogP contribution in [0.3, 0.4) is 0 Å². The molecule has 4 heterocycles. The number of aromatic amines is 2. The van der Waals surface area contributed by atoms with E-state index in [1.165, 1.54) is 5.57 Å². The predicted molar refractivity (Wildman–Crippen MR) is 125 cm³/mol. The van der Waals surface area contributed by atoms with E-state index in [9.17, 15) is 0 Å². The van der Waals surface area contributed by atoms with Crippen LogP contribution in [0.1, 0.15) is 17.8 Å². The Morgan fingerprint density at radius 1 is 1.03 bits per heavy atom. The van der Waals surface area contributed by atoms with Crippen molar-refractivity contribution in [3.05, 3.63) is 48.1 Å². The summed E-state index contributed by atoms with van der Waals surface area (Å²) in [4.78, 5) is 12.3. The van der Waals surface area contributed by atoms with Gasteiger partial charge in [0.05, 0.1) is 16.6 Å². The number of fused-ring (bicyclic) bond motifs is 2. The molecule has 0 saturated heterocycles. The van der Waals surface area contributed by atoms with Gasteiger partial charge >= 0.3 is 0 Å². The largest absolute Gasteiger partial charge is 0.340 e. The molecular formula is C19H22Cl3N7. The van der Waals surface area contributed by atoms with Crippen LogP contribution in [0.5, 0.6) is 0 Å². The number of nitrogens with one attached hydrogen (secondary N) is 4. The maximum Gasteiger partial charge on any atom is 0.143 e. The monoisotopic (exact) mass is 453 g/mol. The van der Waals surface area contributed by atoms with Crippen molar-refractivity contribution in [1.29, 1.82) is 0 Å². The summed E-state index contributed by atoms with van der Waals surface area (Å²) < 4.78 is 0. The van der Waals surface area contributed by atoms with Gasteiger partial charge in [-0.2, -0.15) is 5.10 Å². The van der Waals surface area contributed by atoms with Crippen LogP contribution in [0, 0.1) is 6.92 Å². The number of hydrogen-bond acceptors (Lipinski definition) is 5. The van der Waals surface area contributed by atoms with Crippen molar-refractivity contribution in [2.24, 2.45) is 0 Å². The van der Waals surface area contributed by atoms with Gasteiger partial charge in [0, 0.05) is 23.3 Å². The molecule has 0 atom stereocenters. The summed E-state index contributed by atoms with van der Waals surface area (Å²) in [5.74, 6) is 0.799. The highest BCUT2D eigenvalue weighted by Crippen LogP contribution is 2.29. The predicted octanol–water partition coefficient (Wildman–Crippen LogP) is 4.53. The zero-order chi connectivity index (χ0) is 17.5. The lowest BCUT2D eigenvalue weighted by Crippen LogP contribution is -2.20. The number of benzene rings is 1. The lowest BCUT2D eigenvalue weighted by Gasteiger charge is -2.12. The van der Waals surface area contributed by atoms with Gasteiger partial charge in [0.1, 0.15) is 17.8 Å². The molecule has 1 aromatic carbocycles. The molecule has 0 bridgehead atoms. The minimum atomic E-state index is 0. The number of hydrogen-bond donors (Lipinski definition) is 4. The van der Waals surface area contributed by atoms with Crippen LogP contribution in [-0.4, -0.2) is 38.2 Å². The Morgan fingerprint density at radius 2 is 1.90 bits per heavy atom. The highest BCUT2D eigenvalue weighted by molar-refractivity contribution is 5.93. The third-order valence-corrected chi connectivity index (χ3v) is 4.85. The topological polar surface area (TPSA) is 94.3 Å². The van der Waals surface area contributed by atoms with E-state index in [1.807, 2.05) is 19.1 Å². The fourth-order valence-corrected chi connectivity index (χ4v) is 3.44. The Balaban J connectivity index is 0.000001000. The lowest BCUT2D eigenvalue weighted by molar-refractivity contribution is 0.737. The molecule has 154 valence electrons. The number of aryl methyl sites for hydroxylation is 1. The van der Waals surface area contributed by atoms with Gasteiger partial charge in [0.25, 0.3) is 0 Å². The number of nitrogens with zero attached hydrogens (tertiary/aromatic N) is 3. The van der Waals surface area contributed by atoms with Gasteiger partial charge in [-0.15, -0.1) is 37.2 Å². The molecule has 1 aliphatic rings. The maximum atomic E-state index is 4.45. The summed E-state index contributed by atoms with van der Waals surface area (Å²) in [5.41, 5.74) is 6.28. The van der Waals surface area contributed by atoms with Crippen LogP contribution in [-0.2, 0) is 0 Å². The van der Waals surface area contributed by atoms with Gasteiger partial charge in [-0.1, -0.05) is 6.08 Å². The number of anilines is 2. The van der Waals surface area contributed by atoms with Crippen molar-refractivity contribution in [3.8, 4) is 0 Å². The van der Waals surface area contributed by atoms with Crippen LogP contribution in [0.2, 0.25) is 0 Å². The van der Waals surface area contributed by atoms with Crippen molar-refractivity contribution in [3.63, 3.8) is 0 Å². The van der Waals surface area contributed by atoms with Gasteiger partial charge in [0.15, 0.2) is 0 Å². The molecule has 0 unspecified atom stereocenters. The van der Waals surface area contributed by atoms with Crippen LogP contribution < -0.4 is 10.6 Å². The van der Waals surface area contributed by atoms with Crippen molar-refractivity contribution in [2.75, 3.05) is 18.4 Å². The smallest absolute Gasteiger partial charge is 0.143 e. The molecule has 0 amide bonds. The second-order valence-corrected chi connectivity index (χ2v) is 6.55. The summed E-state index contributed by atoms with van der Waals surface area (Å²) in [7, 11) is 0. The zero-order valence-electron chi connectivity index (χ0n) is 15.7. The average Bonchev–Trinajstić information content (AvgIpc) is 3.27. The van der Waals surface area contributed by atoms with Crippen LogP contribution >= 0.6 is 37.2 Å². The molecule has 1 aliphatic heterocycles. The van der Waals surface area contributed by atoms with Gasteiger partial charge in [-0.05, 0) is 49.7 Å². The van der Waals surface area contributed by atoms with Crippen molar-refractivity contribution in [2.45, 2.75) is 13.3 Å². The summed E-state index contributed by atoms with van der Waals surface area (Å²) >= 11 is 0. The Bertz CT molecular complexity index is 1150. The van der Waals surface area contributed by atoms with Gasteiger partial charge in [-0.3, -0.25) is 5.10 Å². The molecule has 7 nitrogen and oxygen atoms in total. The van der Waals surface area contributed by atoms with E-state index in [0.717, 1.165) is 64.3 Å². The molecule has 0 spiro atoms. The molecule has 4 N–H and O–H groups in total. The summed E-state index contributed by atoms with van der Waals surface area (Å²) in [5, 5.41) is 16.1. The number of halogens is 3. The second kappa shape index (κ2) is 9.45. The van der Waals surface area contributed by atoms with Crippen LogP contribution in [0.4, 0.5) is 11.5 Å². The zero-order valence-corrected chi connectivity index (χ0v) is 18.1. The molecule has 0 fully saturated rings. The Morgan fingerprint density at radius 3 is 2.69 bits per heavy atom. The quantitative estimate of drug-likeness (QED) is 0.365. The van der Waals surface area contributed by atoms with Gasteiger partial charge in [-0.25, -0.2) is 9.97 Å². The normalized spacial score (nSPS) is 13.2. The Labute approximate surface area is 186 Å². The average molecular weight is 455 g/mol. The van der Waals surface area contributed by atoms with Crippen LogP contribution in [0.15, 0.2) is 36.7 Å². The fraction of sp³-hybridized carbons (Fsp3) is 0.211. The summed E-state index contributed by atoms with van der Waals surface area (Å²) in [6.07, 6.45) is 4.83. The van der Waals surface area contributed by atoms with E-state index in [1.54, 1.807) is 6.33 Å². The van der Waals surface area contributed by atoms with Crippen molar-refractivity contribution >= 4 is 76.2 Å². The highest BCUT2D eigenvalue weighted by atomic mass is 35.5. The van der Waals surface area contributed by atoms with Crippen molar-refractivity contribution < 1.29 is 0 Å². The first kappa shape index (κ1) is 23.0. The Kier molecular flexibility index (Phi) is 7.48.